The summed E-state index contributed by atoms with van der Waals surface area (Å²) >= 11 is 0. The molecule has 1 heterocycles. The molecule has 2 aromatic rings. The Morgan fingerprint density at radius 3 is 2.53 bits per heavy atom. The van der Waals surface area contributed by atoms with Crippen LogP contribution in [0.25, 0.3) is 0 Å². The summed E-state index contributed by atoms with van der Waals surface area (Å²) in [4.78, 5) is 18.7. The summed E-state index contributed by atoms with van der Waals surface area (Å²) in [5.74, 6) is 1.81. The van der Waals surface area contributed by atoms with Gasteiger partial charge in [0.2, 0.25) is 5.91 Å². The molecule has 1 aliphatic heterocycles. The Kier molecular flexibility index (Phi) is 9.93. The van der Waals surface area contributed by atoms with Gasteiger partial charge in [0.25, 0.3) is 0 Å². The van der Waals surface area contributed by atoms with Gasteiger partial charge >= 0.3 is 0 Å². The van der Waals surface area contributed by atoms with Crippen LogP contribution in [0.15, 0.2) is 53.5 Å². The predicted molar refractivity (Wildman–Crippen MR) is 131 cm³/mol. The van der Waals surface area contributed by atoms with Gasteiger partial charge < -0.3 is 20.3 Å². The molecular weight excluding hydrogens is 491 g/mol. The number of hydrogen-bond donors (Lipinski definition) is 2. The molecule has 7 heteroatoms. The van der Waals surface area contributed by atoms with Crippen molar-refractivity contribution in [3.8, 4) is 5.75 Å². The van der Waals surface area contributed by atoms with Crippen molar-refractivity contribution < 1.29 is 9.53 Å². The van der Waals surface area contributed by atoms with Crippen LogP contribution in [0.2, 0.25) is 0 Å². The van der Waals surface area contributed by atoms with Crippen molar-refractivity contribution in [3.63, 3.8) is 0 Å². The zero-order chi connectivity index (χ0) is 20.5. The minimum atomic E-state index is 0. The molecule has 0 spiro atoms. The van der Waals surface area contributed by atoms with Crippen molar-refractivity contribution in [2.75, 3.05) is 27.2 Å². The summed E-state index contributed by atoms with van der Waals surface area (Å²) in [7, 11) is 3.41. The number of methoxy groups -OCH3 is 1. The largest absolute Gasteiger partial charge is 0.497 e. The van der Waals surface area contributed by atoms with Crippen molar-refractivity contribution in [3.05, 3.63) is 65.2 Å². The van der Waals surface area contributed by atoms with E-state index in [1.165, 1.54) is 11.1 Å². The van der Waals surface area contributed by atoms with Crippen LogP contribution >= 0.6 is 24.0 Å². The standard InChI is InChI=1S/C23H30N4O2.HI/c1-24-23(26-16-18-9-11-21(29-2)12-10-18)25-14-5-8-22(28)27-15-13-19-6-3-4-7-20(19)17-27;/h3-4,6-7,9-12H,5,8,13-17H2,1-2H3,(H2,24,25,26);1H. The number of halogens is 1. The molecule has 6 nitrogen and oxygen atoms in total. The van der Waals surface area contributed by atoms with Gasteiger partial charge in [0.15, 0.2) is 5.96 Å². The van der Waals surface area contributed by atoms with E-state index in [1.54, 1.807) is 14.2 Å². The minimum absolute atomic E-state index is 0. The summed E-state index contributed by atoms with van der Waals surface area (Å²) in [6.07, 6.45) is 2.27. The summed E-state index contributed by atoms with van der Waals surface area (Å²) in [6.45, 7) is 2.93. The average molecular weight is 522 g/mol. The van der Waals surface area contributed by atoms with Gasteiger partial charge in [0.05, 0.1) is 7.11 Å². The van der Waals surface area contributed by atoms with E-state index in [4.69, 9.17) is 4.74 Å². The summed E-state index contributed by atoms with van der Waals surface area (Å²) < 4.78 is 5.17. The fourth-order valence-corrected chi connectivity index (χ4v) is 3.46. The number of guanidine groups is 1. The fourth-order valence-electron chi connectivity index (χ4n) is 3.46. The Morgan fingerprint density at radius 1 is 1.10 bits per heavy atom. The third-order valence-electron chi connectivity index (χ3n) is 5.19. The zero-order valence-corrected chi connectivity index (χ0v) is 20.0. The highest BCUT2D eigenvalue weighted by atomic mass is 127. The number of benzene rings is 2. The zero-order valence-electron chi connectivity index (χ0n) is 17.7. The van der Waals surface area contributed by atoms with Gasteiger partial charge in [-0.3, -0.25) is 9.79 Å². The Hall–Kier alpha value is -2.29. The highest BCUT2D eigenvalue weighted by Gasteiger charge is 2.19. The lowest BCUT2D eigenvalue weighted by Crippen LogP contribution is -2.38. The first-order valence-corrected chi connectivity index (χ1v) is 10.1. The van der Waals surface area contributed by atoms with Crippen LogP contribution in [0, 0.1) is 0 Å². The second-order valence-corrected chi connectivity index (χ2v) is 7.14. The number of nitrogens with one attached hydrogen (secondary N) is 2. The van der Waals surface area contributed by atoms with Crippen LogP contribution in [0.3, 0.4) is 0 Å². The third kappa shape index (κ3) is 6.90. The molecule has 162 valence electrons. The van der Waals surface area contributed by atoms with E-state index in [0.29, 0.717) is 19.5 Å². The van der Waals surface area contributed by atoms with Gasteiger partial charge in [0, 0.05) is 39.6 Å². The molecule has 0 fully saturated rings. The molecule has 2 N–H and O–H groups in total. The Balaban J connectivity index is 0.00000320. The van der Waals surface area contributed by atoms with Gasteiger partial charge in [-0.05, 0) is 41.7 Å². The lowest BCUT2D eigenvalue weighted by atomic mass is 9.99. The first kappa shape index (κ1) is 24.0. The van der Waals surface area contributed by atoms with Gasteiger partial charge in [-0.2, -0.15) is 0 Å². The van der Waals surface area contributed by atoms with E-state index in [1.807, 2.05) is 35.2 Å². The predicted octanol–water partition coefficient (Wildman–Crippen LogP) is 3.34. The van der Waals surface area contributed by atoms with Crippen molar-refractivity contribution in [1.82, 2.24) is 15.5 Å². The summed E-state index contributed by atoms with van der Waals surface area (Å²) in [6, 6.07) is 16.3. The van der Waals surface area contributed by atoms with Crippen LogP contribution < -0.4 is 15.4 Å². The maximum atomic E-state index is 12.5. The average Bonchev–Trinajstić information content (AvgIpc) is 2.78. The molecule has 0 saturated carbocycles. The first-order valence-electron chi connectivity index (χ1n) is 10.1. The Bertz CT molecular complexity index is 839. The Labute approximate surface area is 196 Å². The summed E-state index contributed by atoms with van der Waals surface area (Å²) in [5.41, 5.74) is 3.78. The number of nitrogens with zero attached hydrogens (tertiary/aromatic N) is 2. The SMILES string of the molecule is CN=C(NCCCC(=O)N1CCc2ccccc2C1)NCc1ccc(OC)cc1.I. The molecule has 0 aliphatic carbocycles. The van der Waals surface area contributed by atoms with Crippen LogP contribution in [0.1, 0.15) is 29.5 Å². The van der Waals surface area contributed by atoms with Crippen LogP contribution in [-0.4, -0.2) is 44.0 Å². The third-order valence-corrected chi connectivity index (χ3v) is 5.19. The minimum Gasteiger partial charge on any atom is -0.497 e. The molecule has 0 radical (unpaired) electrons. The van der Waals surface area contributed by atoms with Crippen LogP contribution in [-0.2, 0) is 24.3 Å². The van der Waals surface area contributed by atoms with Gasteiger partial charge in [-0.15, -0.1) is 24.0 Å². The number of ether oxygens (including phenoxy) is 1. The molecule has 3 rings (SSSR count). The van der Waals surface area contributed by atoms with Crippen LogP contribution in [0.4, 0.5) is 0 Å². The molecule has 0 unspecified atom stereocenters. The van der Waals surface area contributed by atoms with E-state index < -0.39 is 0 Å². The van der Waals surface area contributed by atoms with E-state index in [2.05, 4.69) is 33.8 Å². The maximum absolute atomic E-state index is 12.5. The molecule has 1 amide bonds. The fraction of sp³-hybridized carbons (Fsp3) is 0.391. The molecule has 0 aromatic heterocycles. The van der Waals surface area contributed by atoms with Gasteiger partial charge in [-0.1, -0.05) is 36.4 Å². The normalized spacial score (nSPS) is 13.1. The molecule has 2 aromatic carbocycles. The number of fused-ring (bicyclic) bond motifs is 1. The molecule has 1 aliphatic rings. The Morgan fingerprint density at radius 2 is 1.83 bits per heavy atom. The van der Waals surface area contributed by atoms with Crippen LogP contribution in [0.5, 0.6) is 5.75 Å². The first-order chi connectivity index (χ1) is 14.2. The topological polar surface area (TPSA) is 66.0 Å². The van der Waals surface area contributed by atoms with Crippen molar-refractivity contribution in [2.45, 2.75) is 32.4 Å². The van der Waals surface area contributed by atoms with Crippen molar-refractivity contribution in [2.24, 2.45) is 4.99 Å². The van der Waals surface area contributed by atoms with E-state index in [-0.39, 0.29) is 29.9 Å². The number of carbonyl (C=O) groups is 1. The second kappa shape index (κ2) is 12.4. The van der Waals surface area contributed by atoms with E-state index in [0.717, 1.165) is 43.2 Å². The van der Waals surface area contributed by atoms with Crippen molar-refractivity contribution >= 4 is 35.8 Å². The smallest absolute Gasteiger partial charge is 0.222 e. The van der Waals surface area contributed by atoms with E-state index >= 15 is 0 Å². The molecular formula is C23H31IN4O2. The lowest BCUT2D eigenvalue weighted by Gasteiger charge is -2.29. The number of rotatable bonds is 7. The van der Waals surface area contributed by atoms with Crippen molar-refractivity contribution in [1.29, 1.82) is 0 Å². The highest BCUT2D eigenvalue weighted by Crippen LogP contribution is 2.19. The lowest BCUT2D eigenvalue weighted by molar-refractivity contribution is -0.132. The second-order valence-electron chi connectivity index (χ2n) is 7.14. The quantitative estimate of drug-likeness (QED) is 0.254. The number of amides is 1. The molecule has 30 heavy (non-hydrogen) atoms. The monoisotopic (exact) mass is 522 g/mol. The summed E-state index contributed by atoms with van der Waals surface area (Å²) in [5, 5.41) is 6.57. The maximum Gasteiger partial charge on any atom is 0.222 e. The van der Waals surface area contributed by atoms with Gasteiger partial charge in [0.1, 0.15) is 5.75 Å². The molecule has 0 atom stereocenters. The number of carbonyl (C=O) groups excluding carboxylic acids is 1. The molecule has 0 bridgehead atoms. The number of aliphatic imine (C=N–C) groups is 1. The number of hydrogen-bond acceptors (Lipinski definition) is 3. The van der Waals surface area contributed by atoms with Gasteiger partial charge in [-0.25, -0.2) is 0 Å². The molecule has 0 saturated heterocycles. The van der Waals surface area contributed by atoms with E-state index in [9.17, 15) is 4.79 Å². The highest BCUT2D eigenvalue weighted by molar-refractivity contribution is 14.0.